The zero-order valence-electron chi connectivity index (χ0n) is 15.2. The fourth-order valence-corrected chi connectivity index (χ4v) is 3.10. The summed E-state index contributed by atoms with van der Waals surface area (Å²) in [6, 6.07) is 10.0. The summed E-state index contributed by atoms with van der Waals surface area (Å²) >= 11 is 12.0. The molecule has 0 saturated carbocycles. The molecule has 1 unspecified atom stereocenters. The van der Waals surface area contributed by atoms with Crippen molar-refractivity contribution >= 4 is 34.6 Å². The maximum Gasteiger partial charge on any atom is 0.174 e. The second kappa shape index (κ2) is 9.13. The number of rotatable bonds is 6. The standard InChI is InChI=1S/C19H25ClN4S/c1-14-17(20)6-5-7-18(14)22-19(25)24(13-12-23(3)4)15(2)16-8-10-21-11-9-16/h5-11,15H,12-13H2,1-4H3,(H,22,25)/p+1. The minimum absolute atomic E-state index is 0.154. The molecule has 6 heteroatoms. The first kappa shape index (κ1) is 19.6. The van der Waals surface area contributed by atoms with Gasteiger partial charge in [0.1, 0.15) is 0 Å². The zero-order valence-corrected chi connectivity index (χ0v) is 16.8. The van der Waals surface area contributed by atoms with Crippen molar-refractivity contribution in [1.82, 2.24) is 9.88 Å². The van der Waals surface area contributed by atoms with E-state index in [1.807, 2.05) is 49.6 Å². The van der Waals surface area contributed by atoms with E-state index in [1.54, 1.807) is 0 Å². The molecule has 1 aromatic carbocycles. The molecule has 0 amide bonds. The Labute approximate surface area is 160 Å². The largest absolute Gasteiger partial charge is 0.338 e. The molecule has 0 radical (unpaired) electrons. The maximum atomic E-state index is 6.23. The van der Waals surface area contributed by atoms with Gasteiger partial charge < -0.3 is 15.1 Å². The van der Waals surface area contributed by atoms with Crippen molar-refractivity contribution in [2.24, 2.45) is 0 Å². The molecule has 0 aliphatic carbocycles. The summed E-state index contributed by atoms with van der Waals surface area (Å²) in [5.41, 5.74) is 3.14. The van der Waals surface area contributed by atoms with Crippen LogP contribution in [0.4, 0.5) is 5.69 Å². The number of halogens is 1. The number of aromatic nitrogens is 1. The van der Waals surface area contributed by atoms with E-state index < -0.39 is 0 Å². The monoisotopic (exact) mass is 377 g/mol. The SMILES string of the molecule is Cc1c(Cl)cccc1NC(=S)N(CC[NH+](C)C)C(C)c1ccncc1. The minimum Gasteiger partial charge on any atom is -0.338 e. The van der Waals surface area contributed by atoms with Gasteiger partial charge in [0, 0.05) is 23.1 Å². The number of pyridine rings is 1. The lowest BCUT2D eigenvalue weighted by Crippen LogP contribution is -3.06. The van der Waals surface area contributed by atoms with Crippen LogP contribution in [0, 0.1) is 6.92 Å². The van der Waals surface area contributed by atoms with E-state index in [1.165, 1.54) is 10.5 Å². The van der Waals surface area contributed by atoms with Crippen LogP contribution in [0.5, 0.6) is 0 Å². The number of hydrogen-bond acceptors (Lipinski definition) is 2. The van der Waals surface area contributed by atoms with Gasteiger partial charge in [0.25, 0.3) is 0 Å². The number of quaternary nitrogens is 1. The van der Waals surface area contributed by atoms with Gasteiger partial charge in [0.05, 0.1) is 33.2 Å². The molecule has 2 aromatic rings. The average Bonchev–Trinajstić information content (AvgIpc) is 2.59. The molecule has 134 valence electrons. The van der Waals surface area contributed by atoms with E-state index in [-0.39, 0.29) is 6.04 Å². The molecule has 0 fully saturated rings. The summed E-state index contributed by atoms with van der Waals surface area (Å²) in [5.74, 6) is 0. The molecule has 0 aliphatic rings. The first-order chi connectivity index (χ1) is 11.9. The van der Waals surface area contributed by atoms with Crippen LogP contribution in [0.25, 0.3) is 0 Å². The van der Waals surface area contributed by atoms with Crippen LogP contribution in [0.1, 0.15) is 24.1 Å². The molecule has 2 rings (SSSR count). The molecule has 2 N–H and O–H groups in total. The van der Waals surface area contributed by atoms with Crippen molar-refractivity contribution < 1.29 is 4.90 Å². The second-order valence-corrected chi connectivity index (χ2v) is 7.24. The first-order valence-corrected chi connectivity index (χ1v) is 9.20. The van der Waals surface area contributed by atoms with Gasteiger partial charge in [-0.05, 0) is 61.5 Å². The van der Waals surface area contributed by atoms with Crippen molar-refractivity contribution in [1.29, 1.82) is 0 Å². The van der Waals surface area contributed by atoms with Gasteiger partial charge in [-0.1, -0.05) is 17.7 Å². The number of nitrogens with one attached hydrogen (secondary N) is 2. The molecule has 0 aliphatic heterocycles. The van der Waals surface area contributed by atoms with E-state index in [9.17, 15) is 0 Å². The smallest absolute Gasteiger partial charge is 0.174 e. The Kier molecular flexibility index (Phi) is 7.17. The van der Waals surface area contributed by atoms with E-state index in [4.69, 9.17) is 23.8 Å². The second-order valence-electron chi connectivity index (χ2n) is 6.45. The Balaban J connectivity index is 2.21. The number of hydrogen-bond donors (Lipinski definition) is 2. The summed E-state index contributed by atoms with van der Waals surface area (Å²) in [6.45, 7) is 6.01. The number of nitrogens with zero attached hydrogens (tertiary/aromatic N) is 2. The molecule has 1 heterocycles. The number of likely N-dealkylation sites (N-methyl/N-ethyl adjacent to an activating group) is 1. The fraction of sp³-hybridized carbons (Fsp3) is 0.368. The normalized spacial score (nSPS) is 12.1. The van der Waals surface area contributed by atoms with Gasteiger partial charge in [-0.2, -0.15) is 0 Å². The highest BCUT2D eigenvalue weighted by Crippen LogP contribution is 2.25. The Morgan fingerprint density at radius 3 is 2.60 bits per heavy atom. The van der Waals surface area contributed by atoms with Gasteiger partial charge in [0.2, 0.25) is 0 Å². The summed E-state index contributed by atoms with van der Waals surface area (Å²) in [5, 5.41) is 4.81. The molecule has 25 heavy (non-hydrogen) atoms. The highest BCUT2D eigenvalue weighted by Gasteiger charge is 2.20. The van der Waals surface area contributed by atoms with Crippen LogP contribution >= 0.6 is 23.8 Å². The lowest BCUT2D eigenvalue weighted by molar-refractivity contribution is -0.857. The molecular weight excluding hydrogens is 352 g/mol. The van der Waals surface area contributed by atoms with E-state index in [0.717, 1.165) is 29.4 Å². The molecule has 1 aromatic heterocycles. The Hall–Kier alpha value is -1.69. The zero-order chi connectivity index (χ0) is 18.4. The third-order valence-electron chi connectivity index (χ3n) is 4.28. The summed E-state index contributed by atoms with van der Waals surface area (Å²) < 4.78 is 0. The number of anilines is 1. The maximum absolute atomic E-state index is 6.23. The third-order valence-corrected chi connectivity index (χ3v) is 5.02. The topological polar surface area (TPSA) is 32.6 Å². The van der Waals surface area contributed by atoms with Gasteiger partial charge in [-0.15, -0.1) is 0 Å². The highest BCUT2D eigenvalue weighted by atomic mass is 35.5. The lowest BCUT2D eigenvalue weighted by Gasteiger charge is -2.32. The van der Waals surface area contributed by atoms with Crippen molar-refractivity contribution in [3.8, 4) is 0 Å². The first-order valence-electron chi connectivity index (χ1n) is 8.42. The van der Waals surface area contributed by atoms with Gasteiger partial charge >= 0.3 is 0 Å². The molecule has 0 saturated heterocycles. The fourth-order valence-electron chi connectivity index (χ4n) is 2.57. The Morgan fingerprint density at radius 1 is 1.28 bits per heavy atom. The van der Waals surface area contributed by atoms with Crippen molar-refractivity contribution in [2.45, 2.75) is 19.9 Å². The minimum atomic E-state index is 0.154. The van der Waals surface area contributed by atoms with E-state index >= 15 is 0 Å². The van der Waals surface area contributed by atoms with Crippen molar-refractivity contribution in [3.05, 3.63) is 58.9 Å². The van der Waals surface area contributed by atoms with Crippen LogP contribution in [0.2, 0.25) is 5.02 Å². The Bertz CT molecular complexity index is 706. The van der Waals surface area contributed by atoms with Crippen LogP contribution < -0.4 is 10.2 Å². The van der Waals surface area contributed by atoms with E-state index in [0.29, 0.717) is 5.11 Å². The van der Waals surface area contributed by atoms with Crippen molar-refractivity contribution in [3.63, 3.8) is 0 Å². The van der Waals surface area contributed by atoms with Crippen LogP contribution in [-0.4, -0.2) is 42.2 Å². The van der Waals surface area contributed by atoms with Gasteiger partial charge in [0.15, 0.2) is 5.11 Å². The molecule has 0 bridgehead atoms. The summed E-state index contributed by atoms with van der Waals surface area (Å²) in [4.78, 5) is 7.71. The number of thiocarbonyl (C=S) groups is 1. The van der Waals surface area contributed by atoms with Crippen LogP contribution in [0.15, 0.2) is 42.7 Å². The Morgan fingerprint density at radius 2 is 1.96 bits per heavy atom. The highest BCUT2D eigenvalue weighted by molar-refractivity contribution is 7.80. The van der Waals surface area contributed by atoms with Crippen LogP contribution in [-0.2, 0) is 0 Å². The lowest BCUT2D eigenvalue weighted by atomic mass is 10.1. The number of benzene rings is 1. The van der Waals surface area contributed by atoms with Crippen LogP contribution in [0.3, 0.4) is 0 Å². The summed E-state index contributed by atoms with van der Waals surface area (Å²) in [7, 11) is 4.29. The predicted molar refractivity (Wildman–Crippen MR) is 109 cm³/mol. The quantitative estimate of drug-likeness (QED) is 0.758. The molecular formula is C19H26ClN4S+. The molecule has 4 nitrogen and oxygen atoms in total. The average molecular weight is 378 g/mol. The molecule has 1 atom stereocenters. The van der Waals surface area contributed by atoms with Crippen molar-refractivity contribution in [2.75, 3.05) is 32.5 Å². The van der Waals surface area contributed by atoms with Gasteiger partial charge in [-0.3, -0.25) is 4.98 Å². The third kappa shape index (κ3) is 5.39. The molecule has 0 spiro atoms. The predicted octanol–water partition coefficient (Wildman–Crippen LogP) is 2.95. The van der Waals surface area contributed by atoms with E-state index in [2.05, 4.69) is 36.2 Å². The van der Waals surface area contributed by atoms with Gasteiger partial charge in [-0.25, -0.2) is 0 Å². The summed E-state index contributed by atoms with van der Waals surface area (Å²) in [6.07, 6.45) is 3.64.